The highest BCUT2D eigenvalue weighted by Crippen LogP contribution is 2.38. The molecule has 0 aliphatic carbocycles. The van der Waals surface area contributed by atoms with Gasteiger partial charge in [0.1, 0.15) is 0 Å². The largest absolute Gasteiger partial charge is 1.00 e. The summed E-state index contributed by atoms with van der Waals surface area (Å²) in [5.74, 6) is -17.1. The highest BCUT2D eigenvalue weighted by molar-refractivity contribution is 5.70. The molecule has 0 fully saturated rings. The van der Waals surface area contributed by atoms with Gasteiger partial charge >= 0.3 is 0 Å². The van der Waals surface area contributed by atoms with Gasteiger partial charge in [-0.1, -0.05) is 0 Å². The molecule has 0 aliphatic heterocycles. The molecule has 0 unspecified atom stereocenters. The Morgan fingerprint density at radius 2 is 0.538 bits per heavy atom. The van der Waals surface area contributed by atoms with Crippen LogP contribution >= 0.6 is 0 Å². The van der Waals surface area contributed by atoms with Crippen LogP contribution in [0.5, 0.6) is 0 Å². The van der Waals surface area contributed by atoms with Crippen LogP contribution in [-0.2, 0) is 0 Å². The van der Waals surface area contributed by atoms with Crippen molar-refractivity contribution in [1.29, 1.82) is 0 Å². The second-order valence-corrected chi connectivity index (χ2v) is 4.22. The van der Waals surface area contributed by atoms with Crippen LogP contribution in [0, 0.1) is 46.5 Å². The number of hydrogen-bond acceptors (Lipinski definition) is 0. The highest BCUT2D eigenvalue weighted by Gasteiger charge is 2.34. The Morgan fingerprint density at radius 3 is 0.692 bits per heavy atom. The molecular formula is C12H10Cl2F8N2O2. The predicted molar refractivity (Wildman–Crippen MR) is 63.9 cm³/mol. The summed E-state index contributed by atoms with van der Waals surface area (Å²) in [6.07, 6.45) is 0. The zero-order valence-electron chi connectivity index (χ0n) is 12.2. The molecule has 26 heavy (non-hydrogen) atoms. The van der Waals surface area contributed by atoms with E-state index < -0.39 is 69.0 Å². The lowest BCUT2D eigenvalue weighted by Crippen LogP contribution is -3.00. The second-order valence-electron chi connectivity index (χ2n) is 4.22. The molecule has 0 spiro atoms. The molecule has 0 radical (unpaired) electrons. The molecule has 10 N–H and O–H groups in total. The summed E-state index contributed by atoms with van der Waals surface area (Å²) in [5, 5.41) is 0. The van der Waals surface area contributed by atoms with Crippen LogP contribution in [0.4, 0.5) is 46.5 Å². The lowest BCUT2D eigenvalue weighted by molar-refractivity contribution is -0.264. The van der Waals surface area contributed by atoms with E-state index in [1.165, 1.54) is 0 Å². The third-order valence-corrected chi connectivity index (χ3v) is 2.96. The van der Waals surface area contributed by atoms with Gasteiger partial charge in [-0.15, -0.1) is 0 Å². The Bertz CT molecular complexity index is 697. The van der Waals surface area contributed by atoms with E-state index in [1.54, 1.807) is 0 Å². The minimum absolute atomic E-state index is 0. The van der Waals surface area contributed by atoms with Gasteiger partial charge in [0.2, 0.25) is 34.6 Å². The standard InChI is InChI=1S/C12H4F8N2.2ClH.2H2O/c13-3-1(4(14)8(18)11(21)7(3)17)2-5(15)9(19)12(22)10(20)6(2)16;;;;/h21-22H2;2*1H;2*1H2. The second kappa shape index (κ2) is 9.85. The monoisotopic (exact) mass is 436 g/mol. The lowest BCUT2D eigenvalue weighted by atomic mass is 10.0. The average molecular weight is 437 g/mol. The molecule has 2 rings (SSSR count). The number of rotatable bonds is 1. The number of halogens is 10. The third kappa shape index (κ3) is 4.00. The third-order valence-electron chi connectivity index (χ3n) is 2.96. The van der Waals surface area contributed by atoms with Gasteiger partial charge in [0, 0.05) is 0 Å². The van der Waals surface area contributed by atoms with Crippen LogP contribution in [0.15, 0.2) is 0 Å². The molecule has 0 saturated carbocycles. The summed E-state index contributed by atoms with van der Waals surface area (Å²) < 4.78 is 108. The van der Waals surface area contributed by atoms with Crippen LogP contribution in [0.1, 0.15) is 0 Å². The molecule has 0 bridgehead atoms. The molecule has 2 aromatic rings. The molecule has 0 atom stereocenters. The van der Waals surface area contributed by atoms with Gasteiger partial charge < -0.3 is 47.2 Å². The first kappa shape index (κ1) is 29.1. The van der Waals surface area contributed by atoms with E-state index in [9.17, 15) is 35.1 Å². The van der Waals surface area contributed by atoms with Crippen LogP contribution in [0.2, 0.25) is 0 Å². The fourth-order valence-corrected chi connectivity index (χ4v) is 1.79. The van der Waals surface area contributed by atoms with Crippen molar-refractivity contribution in [2.24, 2.45) is 0 Å². The van der Waals surface area contributed by atoms with Gasteiger partial charge in [-0.3, -0.25) is 0 Å². The zero-order valence-corrected chi connectivity index (χ0v) is 13.7. The van der Waals surface area contributed by atoms with Gasteiger partial charge in [-0.2, -0.15) is 17.6 Å². The quantitative estimate of drug-likeness (QED) is 0.328. The summed E-state index contributed by atoms with van der Waals surface area (Å²) in [4.78, 5) is 0. The first-order valence-corrected chi connectivity index (χ1v) is 5.47. The smallest absolute Gasteiger partial charge is 0.223 e. The van der Waals surface area contributed by atoms with E-state index in [2.05, 4.69) is 11.5 Å². The van der Waals surface area contributed by atoms with Gasteiger partial charge in [0.05, 0.1) is 11.1 Å². The van der Waals surface area contributed by atoms with Gasteiger partial charge in [-0.05, 0) is 0 Å². The number of benzene rings is 2. The van der Waals surface area contributed by atoms with Gasteiger partial charge in [0.25, 0.3) is 0 Å². The molecular weight excluding hydrogens is 427 g/mol. The summed E-state index contributed by atoms with van der Waals surface area (Å²) in [6.45, 7) is 0. The topological polar surface area (TPSA) is 118 Å². The van der Waals surface area contributed by atoms with Crippen molar-refractivity contribution in [3.8, 4) is 11.1 Å². The van der Waals surface area contributed by atoms with Crippen molar-refractivity contribution in [3.63, 3.8) is 0 Å². The van der Waals surface area contributed by atoms with E-state index in [0.717, 1.165) is 0 Å². The van der Waals surface area contributed by atoms with Crippen molar-refractivity contribution in [2.75, 3.05) is 0 Å². The van der Waals surface area contributed by atoms with E-state index in [-0.39, 0.29) is 35.8 Å². The molecule has 2 aromatic carbocycles. The molecule has 0 aliphatic rings. The SMILES string of the molecule is O.O.[Cl-].[Cl-].[NH3+]c1c(F)c(F)c(-c2c(F)c(F)c([NH3+])c(F)c2F)c(F)c1F. The fraction of sp³-hybridized carbons (Fsp3) is 0. The van der Waals surface area contributed by atoms with Crippen molar-refractivity contribution in [3.05, 3.63) is 46.5 Å². The van der Waals surface area contributed by atoms with Gasteiger partial charge in [0.15, 0.2) is 23.3 Å². The fourth-order valence-electron chi connectivity index (χ4n) is 1.79. The van der Waals surface area contributed by atoms with Crippen LogP contribution < -0.4 is 36.3 Å². The van der Waals surface area contributed by atoms with Crippen molar-refractivity contribution in [1.82, 2.24) is 0 Å². The van der Waals surface area contributed by atoms with Crippen LogP contribution in [-0.4, -0.2) is 11.0 Å². The van der Waals surface area contributed by atoms with Crippen molar-refractivity contribution in [2.45, 2.75) is 0 Å². The van der Waals surface area contributed by atoms with Gasteiger partial charge in [-0.25, -0.2) is 17.6 Å². The number of quaternary nitrogens is 2. The summed E-state index contributed by atoms with van der Waals surface area (Å²) >= 11 is 0. The first-order chi connectivity index (χ1) is 10.1. The number of hydrogen-bond donors (Lipinski definition) is 2. The van der Waals surface area contributed by atoms with E-state index in [4.69, 9.17) is 0 Å². The average Bonchev–Trinajstić information content (AvgIpc) is 2.50. The van der Waals surface area contributed by atoms with E-state index in [1.807, 2.05) is 0 Å². The minimum atomic E-state index is -2.24. The van der Waals surface area contributed by atoms with E-state index in [0.29, 0.717) is 0 Å². The summed E-state index contributed by atoms with van der Waals surface area (Å²) in [6, 6.07) is 0. The normalized spacial score (nSPS) is 9.46. The molecule has 150 valence electrons. The Labute approximate surface area is 152 Å². The predicted octanol–water partition coefficient (Wildman–Crippen LogP) is -5.43. The van der Waals surface area contributed by atoms with Crippen LogP contribution in [0.3, 0.4) is 0 Å². The Kier molecular flexibility index (Phi) is 11.0. The maximum absolute atomic E-state index is 13.7. The highest BCUT2D eigenvalue weighted by atomic mass is 35.5. The molecule has 0 heterocycles. The van der Waals surface area contributed by atoms with Crippen molar-refractivity contribution >= 4 is 11.4 Å². The maximum Gasteiger partial charge on any atom is 0.223 e. The Morgan fingerprint density at radius 1 is 0.385 bits per heavy atom. The lowest BCUT2D eigenvalue weighted by Gasteiger charge is -2.11. The Balaban J connectivity index is -0.00000132. The molecule has 0 saturated heterocycles. The maximum atomic E-state index is 13.7. The summed E-state index contributed by atoms with van der Waals surface area (Å²) in [7, 11) is 0. The zero-order chi connectivity index (χ0) is 16.9. The molecule has 0 amide bonds. The molecule has 4 nitrogen and oxygen atoms in total. The first-order valence-electron chi connectivity index (χ1n) is 5.47. The van der Waals surface area contributed by atoms with Crippen molar-refractivity contribution < 1.29 is 82.4 Å². The minimum Gasteiger partial charge on any atom is -1.00 e. The molecule has 14 heteroatoms. The Hall–Kier alpha value is -1.70. The van der Waals surface area contributed by atoms with E-state index >= 15 is 0 Å². The van der Waals surface area contributed by atoms with Crippen LogP contribution in [0.25, 0.3) is 11.1 Å². The molecule has 0 aromatic heterocycles. The summed E-state index contributed by atoms with van der Waals surface area (Å²) in [5.41, 5.74) is -1.13.